The summed E-state index contributed by atoms with van der Waals surface area (Å²) in [6.45, 7) is 4.28. The Balaban J connectivity index is 2.05. The van der Waals surface area contributed by atoms with E-state index < -0.39 is 24.0 Å². The van der Waals surface area contributed by atoms with Gasteiger partial charge >= 0.3 is 17.9 Å². The van der Waals surface area contributed by atoms with Gasteiger partial charge in [-0.2, -0.15) is 0 Å². The van der Waals surface area contributed by atoms with Gasteiger partial charge in [-0.25, -0.2) is 4.79 Å². The van der Waals surface area contributed by atoms with Crippen LogP contribution in [0.4, 0.5) is 0 Å². The van der Waals surface area contributed by atoms with E-state index >= 15 is 0 Å². The lowest BCUT2D eigenvalue weighted by atomic mass is 9.99. The molecule has 0 saturated heterocycles. The summed E-state index contributed by atoms with van der Waals surface area (Å²) in [6.07, 6.45) is 7.98. The van der Waals surface area contributed by atoms with E-state index in [1.807, 2.05) is 13.0 Å². The summed E-state index contributed by atoms with van der Waals surface area (Å²) in [5, 5.41) is 10.4. The lowest BCUT2D eigenvalue weighted by Gasteiger charge is -2.19. The monoisotopic (exact) mass is 414 g/mol. The van der Waals surface area contributed by atoms with Gasteiger partial charge in [0.25, 0.3) is 0 Å². The molecule has 160 valence electrons. The fraction of sp³-hybridized carbons (Fsp3) is 0.435. The average Bonchev–Trinajstić information content (AvgIpc) is 3.34. The first-order chi connectivity index (χ1) is 14.2. The van der Waals surface area contributed by atoms with Crippen molar-refractivity contribution < 1.29 is 33.7 Å². The first kappa shape index (κ1) is 21.8. The van der Waals surface area contributed by atoms with Gasteiger partial charge in [0.2, 0.25) is 0 Å². The molecule has 0 amide bonds. The summed E-state index contributed by atoms with van der Waals surface area (Å²) in [7, 11) is 0. The van der Waals surface area contributed by atoms with Crippen molar-refractivity contribution in [2.45, 2.75) is 52.2 Å². The van der Waals surface area contributed by atoms with Crippen LogP contribution in [-0.2, 0) is 20.7 Å². The molecule has 1 saturated carbocycles. The molecule has 3 rings (SSSR count). The maximum atomic E-state index is 13.0. The van der Waals surface area contributed by atoms with Gasteiger partial charge in [0.15, 0.2) is 0 Å². The number of carbonyl (C=O) groups excluding carboxylic acids is 3. The summed E-state index contributed by atoms with van der Waals surface area (Å²) < 4.78 is 16.0. The van der Waals surface area contributed by atoms with E-state index in [9.17, 15) is 19.5 Å². The molecule has 2 aliphatic rings. The van der Waals surface area contributed by atoms with Crippen molar-refractivity contribution in [2.75, 3.05) is 0 Å². The van der Waals surface area contributed by atoms with Gasteiger partial charge in [-0.15, -0.1) is 0 Å². The third kappa shape index (κ3) is 5.79. The normalized spacial score (nSPS) is 28.1. The number of aliphatic hydroxyl groups is 1. The van der Waals surface area contributed by atoms with Gasteiger partial charge in [0.1, 0.15) is 17.1 Å². The third-order valence-corrected chi connectivity index (χ3v) is 5.03. The van der Waals surface area contributed by atoms with Gasteiger partial charge in [0, 0.05) is 26.3 Å². The van der Waals surface area contributed by atoms with E-state index in [4.69, 9.17) is 14.2 Å². The molecule has 30 heavy (non-hydrogen) atoms. The quantitative estimate of drug-likeness (QED) is 0.586. The summed E-state index contributed by atoms with van der Waals surface area (Å²) in [4.78, 5) is 36.0. The maximum Gasteiger partial charge on any atom is 0.342 e. The summed E-state index contributed by atoms with van der Waals surface area (Å²) >= 11 is 0. The zero-order valence-electron chi connectivity index (χ0n) is 17.3. The van der Waals surface area contributed by atoms with Crippen molar-refractivity contribution in [3.63, 3.8) is 0 Å². The second-order valence-corrected chi connectivity index (χ2v) is 7.80. The van der Waals surface area contributed by atoms with Crippen LogP contribution >= 0.6 is 0 Å². The number of benzene rings is 1. The van der Waals surface area contributed by atoms with Crippen molar-refractivity contribution in [1.29, 1.82) is 0 Å². The van der Waals surface area contributed by atoms with Crippen LogP contribution in [0.1, 0.15) is 49.5 Å². The smallest absolute Gasteiger partial charge is 0.342 e. The molecule has 0 bridgehead atoms. The van der Waals surface area contributed by atoms with Crippen LogP contribution in [-0.4, -0.2) is 35.2 Å². The molecule has 7 nitrogen and oxygen atoms in total. The molecule has 4 atom stereocenters. The molecular weight excluding hydrogens is 388 g/mol. The van der Waals surface area contributed by atoms with Gasteiger partial charge in [0.05, 0.1) is 12.2 Å². The minimum absolute atomic E-state index is 0.0403. The lowest BCUT2D eigenvalue weighted by Crippen LogP contribution is -2.21. The molecule has 7 heteroatoms. The molecule has 1 aromatic rings. The van der Waals surface area contributed by atoms with Crippen LogP contribution in [0, 0.1) is 11.8 Å². The van der Waals surface area contributed by atoms with E-state index in [0.717, 1.165) is 12.8 Å². The zero-order valence-corrected chi connectivity index (χ0v) is 17.3. The summed E-state index contributed by atoms with van der Waals surface area (Å²) in [5.41, 5.74) is 0.394. The molecule has 1 heterocycles. The molecule has 1 N–H and O–H groups in total. The van der Waals surface area contributed by atoms with Gasteiger partial charge in [-0.05, 0) is 43.2 Å². The molecule has 1 fully saturated rings. The fourth-order valence-corrected chi connectivity index (χ4v) is 3.68. The Morgan fingerprint density at radius 3 is 2.47 bits per heavy atom. The number of carbonyl (C=O) groups is 3. The Bertz CT molecular complexity index is 899. The average molecular weight is 414 g/mol. The van der Waals surface area contributed by atoms with E-state index in [1.54, 1.807) is 12.2 Å². The number of esters is 3. The van der Waals surface area contributed by atoms with Crippen LogP contribution < -0.4 is 9.47 Å². The van der Waals surface area contributed by atoms with Crippen molar-refractivity contribution in [2.24, 2.45) is 11.8 Å². The largest absolute Gasteiger partial charge is 0.459 e. The first-order valence-electron chi connectivity index (χ1n) is 10.0. The topological polar surface area (TPSA) is 99.1 Å². The number of ether oxygens (including phenoxy) is 3. The van der Waals surface area contributed by atoms with Gasteiger partial charge < -0.3 is 19.3 Å². The van der Waals surface area contributed by atoms with Crippen molar-refractivity contribution in [1.82, 2.24) is 0 Å². The highest BCUT2D eigenvalue weighted by molar-refractivity contribution is 5.95. The first-order valence-corrected chi connectivity index (χ1v) is 10.0. The molecule has 2 unspecified atom stereocenters. The molecule has 1 aromatic carbocycles. The maximum absolute atomic E-state index is 13.0. The Labute approximate surface area is 175 Å². The molecular formula is C23H26O7. The van der Waals surface area contributed by atoms with E-state index in [0.29, 0.717) is 17.4 Å². The third-order valence-electron chi connectivity index (χ3n) is 5.03. The number of rotatable bonds is 2. The van der Waals surface area contributed by atoms with Gasteiger partial charge in [-0.1, -0.05) is 24.3 Å². The Morgan fingerprint density at radius 2 is 1.77 bits per heavy atom. The Morgan fingerprint density at radius 1 is 1.07 bits per heavy atom. The van der Waals surface area contributed by atoms with E-state index in [-0.39, 0.29) is 29.6 Å². The van der Waals surface area contributed by atoms with Crippen LogP contribution in [0.2, 0.25) is 0 Å². The standard InChI is InChI=1S/C23H26O7/c1-13-8-17-9-16(17)6-4-5-7-19(26)10-18-11-20(29-14(2)24)12-21(30-15(3)25)22(18)23(27)28-13/h4-7,11-13,16-17,19,26H,8-10H2,1-3H3/b6-4-,7-5+/t13?,16?,17-,19-/m0/s1. The molecule has 0 radical (unpaired) electrons. The molecule has 0 aromatic heterocycles. The van der Waals surface area contributed by atoms with Crippen LogP contribution in [0.3, 0.4) is 0 Å². The highest BCUT2D eigenvalue weighted by atomic mass is 16.6. The molecule has 1 aliphatic carbocycles. The minimum Gasteiger partial charge on any atom is -0.459 e. The molecule has 1 aliphatic heterocycles. The Hall–Kier alpha value is -2.93. The van der Waals surface area contributed by atoms with E-state index in [2.05, 4.69) is 6.08 Å². The number of fused-ring (bicyclic) bond motifs is 2. The van der Waals surface area contributed by atoms with Crippen LogP contribution in [0.15, 0.2) is 36.4 Å². The van der Waals surface area contributed by atoms with Gasteiger partial charge in [-0.3, -0.25) is 9.59 Å². The van der Waals surface area contributed by atoms with Crippen molar-refractivity contribution in [3.05, 3.63) is 47.6 Å². The lowest BCUT2D eigenvalue weighted by molar-refractivity contribution is -0.132. The predicted octanol–water partition coefficient (Wildman–Crippen LogP) is 3.14. The number of hydrogen-bond donors (Lipinski definition) is 1. The summed E-state index contributed by atoms with van der Waals surface area (Å²) in [6, 6.07) is 2.78. The number of cyclic esters (lactones) is 1. The number of allylic oxidation sites excluding steroid dienone is 3. The zero-order chi connectivity index (χ0) is 21.8. The predicted molar refractivity (Wildman–Crippen MR) is 108 cm³/mol. The van der Waals surface area contributed by atoms with Crippen LogP contribution in [0.5, 0.6) is 11.5 Å². The SMILES string of the molecule is CC(=O)Oc1cc2c(c(OC(C)=O)c1)C(=O)OC(C)C[C@H]1CC1/C=C\C=C\[C@H](O)C2. The van der Waals surface area contributed by atoms with E-state index in [1.165, 1.54) is 26.0 Å². The minimum atomic E-state index is -0.908. The van der Waals surface area contributed by atoms with Crippen molar-refractivity contribution >= 4 is 17.9 Å². The second-order valence-electron chi connectivity index (χ2n) is 7.80. The second kappa shape index (κ2) is 9.26. The number of aliphatic hydroxyl groups excluding tert-OH is 1. The highest BCUT2D eigenvalue weighted by Crippen LogP contribution is 2.43. The fourth-order valence-electron chi connectivity index (χ4n) is 3.68. The number of hydrogen-bond acceptors (Lipinski definition) is 7. The highest BCUT2D eigenvalue weighted by Gasteiger charge is 2.36. The summed E-state index contributed by atoms with van der Waals surface area (Å²) in [5.74, 6) is -0.911. The van der Waals surface area contributed by atoms with Crippen molar-refractivity contribution in [3.8, 4) is 11.5 Å². The molecule has 0 spiro atoms. The van der Waals surface area contributed by atoms with Crippen LogP contribution in [0.25, 0.3) is 0 Å². The Kier molecular flexibility index (Phi) is 6.72.